The van der Waals surface area contributed by atoms with Crippen molar-refractivity contribution in [3.8, 4) is 11.9 Å². The summed E-state index contributed by atoms with van der Waals surface area (Å²) in [4.78, 5) is 25.6. The van der Waals surface area contributed by atoms with E-state index in [1.54, 1.807) is 13.8 Å². The SMILES string of the molecule is CC(C)n1c(OCCN)nc(OCc2ccc(F)cc2F)c(Br)c1=O.O=C(O)C(F)(F)F. The van der Waals surface area contributed by atoms with Crippen LogP contribution in [-0.4, -0.2) is 40.0 Å². The number of hydrogen-bond donors (Lipinski definition) is 2. The van der Waals surface area contributed by atoms with Gasteiger partial charge in [0.25, 0.3) is 5.56 Å². The van der Waals surface area contributed by atoms with Crippen LogP contribution in [0.5, 0.6) is 11.9 Å². The highest BCUT2D eigenvalue weighted by atomic mass is 79.9. The van der Waals surface area contributed by atoms with Gasteiger partial charge >= 0.3 is 18.2 Å². The topological polar surface area (TPSA) is 117 Å². The van der Waals surface area contributed by atoms with Crippen LogP contribution in [0.3, 0.4) is 0 Å². The molecule has 32 heavy (non-hydrogen) atoms. The molecule has 0 fully saturated rings. The first-order valence-electron chi connectivity index (χ1n) is 8.81. The summed E-state index contributed by atoms with van der Waals surface area (Å²) in [6.07, 6.45) is -5.08. The Morgan fingerprint density at radius 2 is 1.88 bits per heavy atom. The van der Waals surface area contributed by atoms with E-state index < -0.39 is 29.3 Å². The number of halogens is 6. The van der Waals surface area contributed by atoms with Crippen LogP contribution < -0.4 is 20.8 Å². The van der Waals surface area contributed by atoms with Crippen molar-refractivity contribution in [2.24, 2.45) is 5.73 Å². The molecule has 0 aliphatic heterocycles. The van der Waals surface area contributed by atoms with Crippen molar-refractivity contribution in [1.29, 1.82) is 0 Å². The minimum atomic E-state index is -5.08. The Balaban J connectivity index is 0.000000633. The third-order valence-electron chi connectivity index (χ3n) is 3.49. The third-order valence-corrected chi connectivity index (χ3v) is 4.16. The summed E-state index contributed by atoms with van der Waals surface area (Å²) < 4.78 is 70.7. The van der Waals surface area contributed by atoms with Crippen LogP contribution in [0.15, 0.2) is 27.5 Å². The molecule has 1 aromatic carbocycles. The van der Waals surface area contributed by atoms with Crippen molar-refractivity contribution in [1.82, 2.24) is 9.55 Å². The van der Waals surface area contributed by atoms with Gasteiger partial charge < -0.3 is 20.3 Å². The molecule has 0 unspecified atom stereocenters. The maximum absolute atomic E-state index is 13.7. The molecule has 1 heterocycles. The molecule has 178 valence electrons. The molecule has 0 radical (unpaired) electrons. The maximum Gasteiger partial charge on any atom is 0.490 e. The fourth-order valence-electron chi connectivity index (χ4n) is 2.06. The van der Waals surface area contributed by atoms with Gasteiger partial charge in [0.15, 0.2) is 0 Å². The monoisotopic (exact) mass is 531 g/mol. The second-order valence-corrected chi connectivity index (χ2v) is 7.04. The highest BCUT2D eigenvalue weighted by Crippen LogP contribution is 2.25. The molecule has 0 saturated heterocycles. The molecule has 2 aromatic rings. The molecule has 0 bridgehead atoms. The van der Waals surface area contributed by atoms with Crippen LogP contribution in [0.4, 0.5) is 22.0 Å². The lowest BCUT2D eigenvalue weighted by atomic mass is 10.2. The van der Waals surface area contributed by atoms with Crippen LogP contribution in [-0.2, 0) is 11.4 Å². The maximum atomic E-state index is 13.7. The molecule has 14 heteroatoms. The number of carbonyl (C=O) groups is 1. The molecule has 0 atom stereocenters. The van der Waals surface area contributed by atoms with Crippen molar-refractivity contribution in [3.63, 3.8) is 0 Å². The lowest BCUT2D eigenvalue weighted by Gasteiger charge is -2.17. The van der Waals surface area contributed by atoms with E-state index in [0.717, 1.165) is 12.1 Å². The zero-order valence-electron chi connectivity index (χ0n) is 16.8. The standard InChI is InChI=1S/C16H18BrF2N3O3.C2HF3O2/c1-9(2)22-15(23)13(17)14(21-16(22)24-6-5-20)25-8-10-3-4-11(18)7-12(10)19;3-2(4,5)1(6)7/h3-4,7,9H,5-6,8,20H2,1-2H3;(H,6,7). The molecule has 0 aliphatic carbocycles. The molecular weight excluding hydrogens is 513 g/mol. The lowest BCUT2D eigenvalue weighted by molar-refractivity contribution is -0.192. The molecule has 0 amide bonds. The minimum absolute atomic E-state index is 0.0438. The number of nitrogens with two attached hydrogens (primary N) is 1. The first-order chi connectivity index (χ1) is 14.8. The first kappa shape index (κ1) is 27.3. The van der Waals surface area contributed by atoms with Gasteiger partial charge in [-0.15, -0.1) is 0 Å². The van der Waals surface area contributed by atoms with Gasteiger partial charge in [-0.05, 0) is 41.9 Å². The second-order valence-electron chi connectivity index (χ2n) is 6.25. The summed E-state index contributed by atoms with van der Waals surface area (Å²) in [7, 11) is 0. The molecule has 0 spiro atoms. The molecule has 8 nitrogen and oxygen atoms in total. The van der Waals surface area contributed by atoms with Crippen molar-refractivity contribution >= 4 is 21.9 Å². The van der Waals surface area contributed by atoms with Crippen LogP contribution >= 0.6 is 15.9 Å². The van der Waals surface area contributed by atoms with Crippen LogP contribution in [0.2, 0.25) is 0 Å². The quantitative estimate of drug-likeness (QED) is 0.525. The van der Waals surface area contributed by atoms with E-state index in [0.29, 0.717) is 0 Å². The molecule has 3 N–H and O–H groups in total. The Morgan fingerprint density at radius 1 is 1.28 bits per heavy atom. The smallest absolute Gasteiger partial charge is 0.475 e. The van der Waals surface area contributed by atoms with Gasteiger partial charge in [0.2, 0.25) is 5.88 Å². The number of benzene rings is 1. The van der Waals surface area contributed by atoms with E-state index in [-0.39, 0.29) is 47.7 Å². The van der Waals surface area contributed by atoms with Crippen LogP contribution in [0, 0.1) is 11.6 Å². The highest BCUT2D eigenvalue weighted by Gasteiger charge is 2.38. The third kappa shape index (κ3) is 7.75. The first-order valence-corrected chi connectivity index (χ1v) is 9.60. The largest absolute Gasteiger partial charge is 0.490 e. The van der Waals surface area contributed by atoms with Gasteiger partial charge in [0, 0.05) is 24.2 Å². The Labute approximate surface area is 186 Å². The predicted molar refractivity (Wildman–Crippen MR) is 106 cm³/mol. The number of hydrogen-bond acceptors (Lipinski definition) is 6. The fourth-order valence-corrected chi connectivity index (χ4v) is 2.46. The van der Waals surface area contributed by atoms with Crippen LogP contribution in [0.25, 0.3) is 0 Å². The zero-order chi connectivity index (χ0) is 24.6. The number of carboxylic acid groups (broad SMARTS) is 1. The molecule has 1 aromatic heterocycles. The molecular formula is C18H19BrF5N3O5. The zero-order valence-corrected chi connectivity index (χ0v) is 18.3. The number of aromatic nitrogens is 2. The fraction of sp³-hybridized carbons (Fsp3) is 0.389. The Kier molecular flexibility index (Phi) is 10.0. The normalized spacial score (nSPS) is 11.1. The predicted octanol–water partition coefficient (Wildman–Crippen LogP) is 3.41. The van der Waals surface area contributed by atoms with Gasteiger partial charge in [-0.3, -0.25) is 9.36 Å². The summed E-state index contributed by atoms with van der Waals surface area (Å²) in [6.45, 7) is 3.81. The average Bonchev–Trinajstić information content (AvgIpc) is 2.68. The summed E-state index contributed by atoms with van der Waals surface area (Å²) >= 11 is 3.15. The number of ether oxygens (including phenoxy) is 2. The summed E-state index contributed by atoms with van der Waals surface area (Å²) in [5.41, 5.74) is 5.15. The number of rotatable bonds is 7. The number of alkyl halides is 3. The summed E-state index contributed by atoms with van der Waals surface area (Å²) in [6, 6.07) is 3.00. The van der Waals surface area contributed by atoms with E-state index >= 15 is 0 Å². The van der Waals surface area contributed by atoms with Gasteiger partial charge in [-0.2, -0.15) is 18.2 Å². The van der Waals surface area contributed by atoms with Gasteiger partial charge in [-0.1, -0.05) is 0 Å². The second kappa shape index (κ2) is 11.8. The average molecular weight is 532 g/mol. The van der Waals surface area contributed by atoms with Gasteiger partial charge in [0.1, 0.15) is 29.3 Å². The highest BCUT2D eigenvalue weighted by molar-refractivity contribution is 9.10. The van der Waals surface area contributed by atoms with E-state index in [9.17, 15) is 26.7 Å². The van der Waals surface area contributed by atoms with Crippen molar-refractivity contribution < 1.29 is 41.3 Å². The van der Waals surface area contributed by atoms with E-state index in [1.165, 1.54) is 10.6 Å². The van der Waals surface area contributed by atoms with E-state index in [4.69, 9.17) is 25.1 Å². The summed E-state index contributed by atoms with van der Waals surface area (Å²) in [5, 5.41) is 7.12. The summed E-state index contributed by atoms with van der Waals surface area (Å²) in [5.74, 6) is -4.23. The molecule has 0 saturated carbocycles. The number of carboxylic acids is 1. The van der Waals surface area contributed by atoms with Gasteiger partial charge in [-0.25, -0.2) is 13.6 Å². The Morgan fingerprint density at radius 3 is 2.34 bits per heavy atom. The molecule has 0 aliphatic rings. The van der Waals surface area contributed by atoms with Crippen molar-refractivity contribution in [3.05, 3.63) is 50.2 Å². The lowest BCUT2D eigenvalue weighted by Crippen LogP contribution is -2.27. The number of aliphatic carboxylic acids is 1. The van der Waals surface area contributed by atoms with Crippen molar-refractivity contribution in [2.75, 3.05) is 13.2 Å². The van der Waals surface area contributed by atoms with E-state index in [1.807, 2.05) is 0 Å². The Hall–Kier alpha value is -2.74. The van der Waals surface area contributed by atoms with Gasteiger partial charge in [0.05, 0.1) is 0 Å². The minimum Gasteiger partial charge on any atom is -0.475 e. The Bertz CT molecular complexity index is 998. The van der Waals surface area contributed by atoms with Crippen molar-refractivity contribution in [2.45, 2.75) is 32.7 Å². The van der Waals surface area contributed by atoms with Crippen LogP contribution in [0.1, 0.15) is 25.5 Å². The van der Waals surface area contributed by atoms with E-state index in [2.05, 4.69) is 20.9 Å². The molecule has 2 rings (SSSR count). The number of nitrogens with zero attached hydrogens (tertiary/aromatic N) is 2.